The summed E-state index contributed by atoms with van der Waals surface area (Å²) in [6, 6.07) is 21.4. The molecule has 1 unspecified atom stereocenters. The Morgan fingerprint density at radius 1 is 0.815 bits per heavy atom. The van der Waals surface area contributed by atoms with Gasteiger partial charge < -0.3 is 4.74 Å². The van der Waals surface area contributed by atoms with Gasteiger partial charge in [0.2, 0.25) is 0 Å². The summed E-state index contributed by atoms with van der Waals surface area (Å²) >= 11 is 0. The number of nitrogens with zero attached hydrogens (tertiary/aromatic N) is 1. The molecule has 2 nitrogen and oxygen atoms in total. The van der Waals surface area contributed by atoms with Crippen molar-refractivity contribution in [3.8, 4) is 16.9 Å². The predicted molar refractivity (Wildman–Crippen MR) is 113 cm³/mol. The molecule has 1 heterocycles. The molecule has 0 saturated carbocycles. The first kappa shape index (κ1) is 19.2. The summed E-state index contributed by atoms with van der Waals surface area (Å²) < 4.78 is 5.23. The van der Waals surface area contributed by atoms with Gasteiger partial charge >= 0.3 is 0 Å². The second kappa shape index (κ2) is 9.36. The van der Waals surface area contributed by atoms with Crippen molar-refractivity contribution in [2.24, 2.45) is 0 Å². The van der Waals surface area contributed by atoms with Crippen LogP contribution in [0.2, 0.25) is 0 Å². The van der Waals surface area contributed by atoms with Crippen LogP contribution in [-0.4, -0.2) is 12.1 Å². The van der Waals surface area contributed by atoms with Crippen molar-refractivity contribution < 1.29 is 4.74 Å². The smallest absolute Gasteiger partial charge is 0.118 e. The van der Waals surface area contributed by atoms with Crippen LogP contribution in [0.4, 0.5) is 0 Å². The molecule has 0 aliphatic carbocycles. The number of benzene rings is 2. The minimum absolute atomic E-state index is 0.340. The van der Waals surface area contributed by atoms with E-state index >= 15 is 0 Å². The molecule has 0 spiro atoms. The van der Waals surface area contributed by atoms with Crippen molar-refractivity contribution in [3.05, 3.63) is 83.7 Å². The normalized spacial score (nSPS) is 12.0. The van der Waals surface area contributed by atoms with Crippen molar-refractivity contribution in [1.82, 2.24) is 4.98 Å². The lowest BCUT2D eigenvalue weighted by molar-refractivity contribution is 0.415. The van der Waals surface area contributed by atoms with E-state index in [1.807, 2.05) is 18.3 Å². The molecular weight excluding hydrogens is 330 g/mol. The van der Waals surface area contributed by atoms with E-state index < -0.39 is 0 Å². The van der Waals surface area contributed by atoms with Crippen LogP contribution in [0.3, 0.4) is 0 Å². The van der Waals surface area contributed by atoms with Crippen molar-refractivity contribution in [3.63, 3.8) is 0 Å². The van der Waals surface area contributed by atoms with Crippen LogP contribution in [0.1, 0.15) is 55.8 Å². The van der Waals surface area contributed by atoms with Gasteiger partial charge in [0.05, 0.1) is 7.11 Å². The van der Waals surface area contributed by atoms with E-state index in [0.717, 1.165) is 12.2 Å². The molecule has 1 atom stereocenters. The van der Waals surface area contributed by atoms with Crippen LogP contribution in [0.5, 0.6) is 5.75 Å². The first-order valence-corrected chi connectivity index (χ1v) is 9.90. The molecule has 0 amide bonds. The molecule has 0 aliphatic heterocycles. The molecule has 0 radical (unpaired) electrons. The first-order chi connectivity index (χ1) is 13.2. The quantitative estimate of drug-likeness (QED) is 0.420. The summed E-state index contributed by atoms with van der Waals surface area (Å²) in [5.41, 5.74) is 6.21. The van der Waals surface area contributed by atoms with Crippen molar-refractivity contribution in [2.75, 3.05) is 7.11 Å². The third kappa shape index (κ3) is 4.97. The highest BCUT2D eigenvalue weighted by Crippen LogP contribution is 2.28. The molecule has 140 valence electrons. The van der Waals surface area contributed by atoms with E-state index in [1.165, 1.54) is 47.2 Å². The van der Waals surface area contributed by atoms with Gasteiger partial charge in [-0.15, -0.1) is 0 Å². The highest BCUT2D eigenvalue weighted by molar-refractivity contribution is 5.64. The zero-order valence-corrected chi connectivity index (χ0v) is 16.6. The monoisotopic (exact) mass is 359 g/mol. The van der Waals surface area contributed by atoms with Gasteiger partial charge in [0.15, 0.2) is 0 Å². The summed E-state index contributed by atoms with van der Waals surface area (Å²) in [4.78, 5) is 4.67. The van der Waals surface area contributed by atoms with E-state index in [0.29, 0.717) is 5.92 Å². The van der Waals surface area contributed by atoms with Gasteiger partial charge in [0.25, 0.3) is 0 Å². The molecule has 27 heavy (non-hydrogen) atoms. The number of aryl methyl sites for hydroxylation is 1. The first-order valence-electron chi connectivity index (χ1n) is 9.90. The summed E-state index contributed by atoms with van der Waals surface area (Å²) in [5, 5.41) is 0. The number of methoxy groups -OCH3 is 1. The van der Waals surface area contributed by atoms with Crippen molar-refractivity contribution in [1.29, 1.82) is 0 Å². The summed E-state index contributed by atoms with van der Waals surface area (Å²) in [5.74, 6) is 1.22. The Bertz CT molecular complexity index is 820. The van der Waals surface area contributed by atoms with Crippen LogP contribution >= 0.6 is 0 Å². The van der Waals surface area contributed by atoms with Gasteiger partial charge in [-0.3, -0.25) is 4.98 Å². The number of aromatic nitrogens is 1. The van der Waals surface area contributed by atoms with Gasteiger partial charge in [-0.2, -0.15) is 0 Å². The number of pyridine rings is 1. The Hall–Kier alpha value is -2.61. The second-order valence-corrected chi connectivity index (χ2v) is 7.11. The van der Waals surface area contributed by atoms with Gasteiger partial charge in [0.1, 0.15) is 5.75 Å². The lowest BCUT2D eigenvalue weighted by atomic mass is 9.92. The fourth-order valence-electron chi connectivity index (χ4n) is 3.34. The van der Waals surface area contributed by atoms with Crippen LogP contribution in [0.25, 0.3) is 11.1 Å². The molecule has 0 aliphatic rings. The number of hydrogen-bond acceptors (Lipinski definition) is 2. The summed E-state index contributed by atoms with van der Waals surface area (Å²) in [6.07, 6.45) is 6.88. The topological polar surface area (TPSA) is 22.1 Å². The Morgan fingerprint density at radius 3 is 2.00 bits per heavy atom. The molecule has 0 fully saturated rings. The maximum Gasteiger partial charge on any atom is 0.118 e. The largest absolute Gasteiger partial charge is 0.497 e. The average molecular weight is 360 g/mol. The van der Waals surface area contributed by atoms with Gasteiger partial charge in [-0.05, 0) is 53.3 Å². The third-order valence-corrected chi connectivity index (χ3v) is 5.22. The Balaban J connectivity index is 1.68. The minimum atomic E-state index is 0.340. The third-order valence-electron chi connectivity index (χ3n) is 5.22. The molecular formula is C25H29NO. The maximum absolute atomic E-state index is 5.23. The Kier molecular flexibility index (Phi) is 6.64. The second-order valence-electron chi connectivity index (χ2n) is 7.11. The highest BCUT2D eigenvalue weighted by Gasteiger charge is 2.09. The van der Waals surface area contributed by atoms with E-state index in [2.05, 4.69) is 67.4 Å². The van der Waals surface area contributed by atoms with Crippen LogP contribution in [0, 0.1) is 0 Å². The van der Waals surface area contributed by atoms with Gasteiger partial charge in [-0.1, -0.05) is 69.2 Å². The molecule has 1 aromatic heterocycles. The molecule has 3 aromatic rings. The number of hydrogen-bond donors (Lipinski definition) is 0. The summed E-state index contributed by atoms with van der Waals surface area (Å²) in [6.45, 7) is 4.48. The predicted octanol–water partition coefficient (Wildman–Crippen LogP) is 6.64. The molecule has 0 saturated heterocycles. The Labute approximate surface area is 163 Å². The van der Waals surface area contributed by atoms with E-state index in [1.54, 1.807) is 7.11 Å². The SMILES string of the molecule is CCCCCc1ccc(C(C)c2ccc(-c3ccc(OC)cc3)cc2)cn1. The Morgan fingerprint density at radius 2 is 1.44 bits per heavy atom. The van der Waals surface area contributed by atoms with Gasteiger partial charge in [0, 0.05) is 17.8 Å². The minimum Gasteiger partial charge on any atom is -0.497 e. The molecule has 3 rings (SSSR count). The zero-order valence-electron chi connectivity index (χ0n) is 16.6. The van der Waals surface area contributed by atoms with E-state index in [9.17, 15) is 0 Å². The van der Waals surface area contributed by atoms with Crippen molar-refractivity contribution in [2.45, 2.75) is 45.4 Å². The molecule has 0 bridgehead atoms. The van der Waals surface area contributed by atoms with Crippen LogP contribution < -0.4 is 4.74 Å². The lowest BCUT2D eigenvalue weighted by Gasteiger charge is -2.14. The number of ether oxygens (including phenoxy) is 1. The highest BCUT2D eigenvalue weighted by atomic mass is 16.5. The maximum atomic E-state index is 5.23. The van der Waals surface area contributed by atoms with Crippen LogP contribution in [0.15, 0.2) is 66.9 Å². The standard InChI is InChI=1S/C25H29NO/c1-4-5-6-7-24-15-12-23(18-26-24)19(2)20-8-10-21(11-9-20)22-13-16-25(27-3)17-14-22/h8-19H,4-7H2,1-3H3. The van der Waals surface area contributed by atoms with Gasteiger partial charge in [-0.25, -0.2) is 0 Å². The van der Waals surface area contributed by atoms with E-state index in [4.69, 9.17) is 4.74 Å². The average Bonchev–Trinajstić information content (AvgIpc) is 2.74. The molecule has 2 aromatic carbocycles. The summed E-state index contributed by atoms with van der Waals surface area (Å²) in [7, 11) is 1.69. The fourth-order valence-corrected chi connectivity index (χ4v) is 3.34. The molecule has 0 N–H and O–H groups in total. The van der Waals surface area contributed by atoms with Crippen molar-refractivity contribution >= 4 is 0 Å². The lowest BCUT2D eigenvalue weighted by Crippen LogP contribution is -1.99. The number of unbranched alkanes of at least 4 members (excludes halogenated alkanes) is 2. The van der Waals surface area contributed by atoms with Crippen LogP contribution in [-0.2, 0) is 6.42 Å². The van der Waals surface area contributed by atoms with E-state index in [-0.39, 0.29) is 0 Å². The molecule has 2 heteroatoms. The zero-order chi connectivity index (χ0) is 19.1. The number of rotatable bonds is 8. The fraction of sp³-hybridized carbons (Fsp3) is 0.320.